The van der Waals surface area contributed by atoms with Crippen LogP contribution in [0.25, 0.3) is 0 Å². The van der Waals surface area contributed by atoms with E-state index in [-0.39, 0.29) is 5.91 Å². The molecule has 0 saturated carbocycles. The zero-order valence-electron chi connectivity index (χ0n) is 14.2. The van der Waals surface area contributed by atoms with Gasteiger partial charge < -0.3 is 4.74 Å². The zero-order valence-corrected chi connectivity index (χ0v) is 15.7. The van der Waals surface area contributed by atoms with Crippen LogP contribution in [0.5, 0.6) is 5.75 Å². The van der Waals surface area contributed by atoms with Gasteiger partial charge in [-0.1, -0.05) is 47.5 Å². The van der Waals surface area contributed by atoms with Gasteiger partial charge in [-0.25, -0.2) is 5.43 Å². The first-order valence-electron chi connectivity index (χ1n) is 8.17. The van der Waals surface area contributed by atoms with Crippen molar-refractivity contribution in [2.75, 3.05) is 0 Å². The van der Waals surface area contributed by atoms with Crippen LogP contribution in [0, 0.1) is 0 Å². The summed E-state index contributed by atoms with van der Waals surface area (Å²) in [5, 5.41) is 5.13. The third-order valence-corrected chi connectivity index (χ3v) is 4.30. The Kier molecular flexibility index (Phi) is 6.47. The van der Waals surface area contributed by atoms with E-state index in [1.807, 2.05) is 48.5 Å². The highest BCUT2D eigenvalue weighted by Gasteiger charge is 2.04. The fourth-order valence-electron chi connectivity index (χ4n) is 2.29. The Morgan fingerprint density at radius 2 is 1.78 bits per heavy atom. The molecule has 0 spiro atoms. The van der Waals surface area contributed by atoms with E-state index in [1.165, 1.54) is 0 Å². The van der Waals surface area contributed by atoms with E-state index >= 15 is 0 Å². The molecule has 0 bridgehead atoms. The molecule has 0 aliphatic carbocycles. The lowest BCUT2D eigenvalue weighted by Crippen LogP contribution is -2.17. The van der Waals surface area contributed by atoms with Crippen molar-refractivity contribution < 1.29 is 9.53 Å². The number of nitrogens with zero attached hydrogens (tertiary/aromatic N) is 1. The fraction of sp³-hybridized carbons (Fsp3) is 0.0476. The van der Waals surface area contributed by atoms with Crippen LogP contribution >= 0.6 is 23.2 Å². The molecule has 0 aromatic heterocycles. The van der Waals surface area contributed by atoms with Gasteiger partial charge in [-0.3, -0.25) is 4.79 Å². The fourth-order valence-corrected chi connectivity index (χ4v) is 2.67. The number of hydrogen-bond donors (Lipinski definition) is 1. The molecule has 0 aliphatic heterocycles. The van der Waals surface area contributed by atoms with Gasteiger partial charge in [0.2, 0.25) is 0 Å². The quantitative estimate of drug-likeness (QED) is 0.450. The van der Waals surface area contributed by atoms with Gasteiger partial charge >= 0.3 is 0 Å². The Morgan fingerprint density at radius 3 is 2.52 bits per heavy atom. The van der Waals surface area contributed by atoms with E-state index in [1.54, 1.807) is 30.5 Å². The van der Waals surface area contributed by atoms with Crippen molar-refractivity contribution in [2.24, 2.45) is 5.10 Å². The monoisotopic (exact) mass is 398 g/mol. The highest BCUT2D eigenvalue weighted by atomic mass is 35.5. The van der Waals surface area contributed by atoms with Crippen LogP contribution < -0.4 is 10.2 Å². The van der Waals surface area contributed by atoms with E-state index in [4.69, 9.17) is 27.9 Å². The molecule has 3 aromatic carbocycles. The van der Waals surface area contributed by atoms with E-state index in [0.717, 1.165) is 16.9 Å². The summed E-state index contributed by atoms with van der Waals surface area (Å²) in [6.07, 6.45) is 1.56. The van der Waals surface area contributed by atoms with Crippen molar-refractivity contribution in [2.45, 2.75) is 6.61 Å². The predicted molar refractivity (Wildman–Crippen MR) is 109 cm³/mol. The molecule has 3 aromatic rings. The summed E-state index contributed by atoms with van der Waals surface area (Å²) in [7, 11) is 0. The minimum atomic E-state index is -0.326. The number of nitrogens with one attached hydrogen (secondary N) is 1. The topological polar surface area (TPSA) is 50.7 Å². The number of rotatable bonds is 6. The van der Waals surface area contributed by atoms with Gasteiger partial charge in [-0.15, -0.1) is 0 Å². The summed E-state index contributed by atoms with van der Waals surface area (Å²) in [6.45, 7) is 0.392. The summed E-state index contributed by atoms with van der Waals surface area (Å²) < 4.78 is 5.73. The number of halogens is 2. The average molecular weight is 399 g/mol. The molecular weight excluding hydrogens is 383 g/mol. The molecule has 0 heterocycles. The third kappa shape index (κ3) is 5.58. The molecule has 0 atom stereocenters. The maximum atomic E-state index is 12.0. The van der Waals surface area contributed by atoms with E-state index < -0.39 is 0 Å². The van der Waals surface area contributed by atoms with E-state index in [2.05, 4.69) is 10.5 Å². The number of hydrazone groups is 1. The lowest BCUT2D eigenvalue weighted by Gasteiger charge is -2.07. The zero-order chi connectivity index (χ0) is 19.1. The van der Waals surface area contributed by atoms with Gasteiger partial charge in [0.1, 0.15) is 12.4 Å². The predicted octanol–water partition coefficient (Wildman–Crippen LogP) is 5.34. The summed E-state index contributed by atoms with van der Waals surface area (Å²) in [4.78, 5) is 12.0. The maximum Gasteiger partial charge on any atom is 0.271 e. The number of carbonyl (C=O) groups excluding carboxylic acids is 1. The first-order chi connectivity index (χ1) is 13.1. The molecule has 3 rings (SSSR count). The second kappa shape index (κ2) is 9.21. The Labute approximate surface area is 167 Å². The van der Waals surface area contributed by atoms with Gasteiger partial charge in [-0.05, 0) is 54.1 Å². The van der Waals surface area contributed by atoms with Crippen molar-refractivity contribution in [1.82, 2.24) is 5.43 Å². The van der Waals surface area contributed by atoms with Crippen molar-refractivity contribution in [3.8, 4) is 5.75 Å². The molecule has 0 fully saturated rings. The number of carbonyl (C=O) groups is 1. The van der Waals surface area contributed by atoms with Crippen LogP contribution in [-0.4, -0.2) is 12.1 Å². The lowest BCUT2D eigenvalue weighted by molar-refractivity contribution is 0.0955. The Hall–Kier alpha value is -2.82. The Morgan fingerprint density at radius 1 is 1.00 bits per heavy atom. The first-order valence-corrected chi connectivity index (χ1v) is 8.92. The van der Waals surface area contributed by atoms with Gasteiger partial charge in [-0.2, -0.15) is 5.10 Å². The highest BCUT2D eigenvalue weighted by molar-refractivity contribution is 6.31. The smallest absolute Gasteiger partial charge is 0.271 e. The molecule has 1 amide bonds. The molecule has 0 saturated heterocycles. The molecule has 27 heavy (non-hydrogen) atoms. The normalized spacial score (nSPS) is 10.7. The van der Waals surface area contributed by atoms with Crippen LogP contribution in [0.3, 0.4) is 0 Å². The SMILES string of the molecule is O=C(N/N=C/c1ccc(OCc2ccccc2Cl)cc1)c1cccc(Cl)c1. The van der Waals surface area contributed by atoms with Crippen molar-refractivity contribution in [1.29, 1.82) is 0 Å². The minimum absolute atomic E-state index is 0.326. The van der Waals surface area contributed by atoms with Crippen LogP contribution in [0.2, 0.25) is 10.0 Å². The number of benzene rings is 3. The third-order valence-electron chi connectivity index (χ3n) is 3.70. The maximum absolute atomic E-state index is 12.0. The highest BCUT2D eigenvalue weighted by Crippen LogP contribution is 2.18. The number of ether oxygens (including phenoxy) is 1. The molecular formula is C21H16Cl2N2O2. The van der Waals surface area contributed by atoms with Crippen LogP contribution in [0.1, 0.15) is 21.5 Å². The van der Waals surface area contributed by atoms with Crippen molar-refractivity contribution in [3.05, 3.63) is 99.5 Å². The molecule has 0 unspecified atom stereocenters. The Balaban J connectivity index is 1.53. The van der Waals surface area contributed by atoms with Gasteiger partial charge in [0.25, 0.3) is 5.91 Å². The second-order valence-electron chi connectivity index (χ2n) is 5.66. The van der Waals surface area contributed by atoms with Gasteiger partial charge in [0, 0.05) is 21.2 Å². The molecule has 136 valence electrons. The lowest BCUT2D eigenvalue weighted by atomic mass is 10.2. The molecule has 0 radical (unpaired) electrons. The minimum Gasteiger partial charge on any atom is -0.489 e. The molecule has 6 heteroatoms. The second-order valence-corrected chi connectivity index (χ2v) is 6.50. The van der Waals surface area contributed by atoms with Crippen LogP contribution in [0.4, 0.5) is 0 Å². The molecule has 4 nitrogen and oxygen atoms in total. The largest absolute Gasteiger partial charge is 0.489 e. The summed E-state index contributed by atoms with van der Waals surface area (Å²) in [5.41, 5.74) is 4.67. The molecule has 0 aliphatic rings. The molecule has 1 N–H and O–H groups in total. The van der Waals surface area contributed by atoms with Gasteiger partial charge in [0.15, 0.2) is 0 Å². The first kappa shape index (κ1) is 19.0. The standard InChI is InChI=1S/C21H16Cl2N2O2/c22-18-6-3-5-16(12-18)21(26)25-24-13-15-8-10-19(11-9-15)27-14-17-4-1-2-7-20(17)23/h1-13H,14H2,(H,25,26)/b24-13+. The van der Waals surface area contributed by atoms with Crippen LogP contribution in [-0.2, 0) is 6.61 Å². The van der Waals surface area contributed by atoms with E-state index in [9.17, 15) is 4.79 Å². The summed E-state index contributed by atoms with van der Waals surface area (Å²) in [6, 6.07) is 21.6. The number of amides is 1. The number of hydrogen-bond acceptors (Lipinski definition) is 3. The van der Waals surface area contributed by atoms with E-state index in [0.29, 0.717) is 22.2 Å². The van der Waals surface area contributed by atoms with Crippen molar-refractivity contribution >= 4 is 35.3 Å². The average Bonchev–Trinajstić information content (AvgIpc) is 2.68. The van der Waals surface area contributed by atoms with Gasteiger partial charge in [0.05, 0.1) is 6.21 Å². The Bertz CT molecular complexity index is 956. The summed E-state index contributed by atoms with van der Waals surface area (Å²) >= 11 is 12.0. The van der Waals surface area contributed by atoms with Crippen LogP contribution in [0.15, 0.2) is 77.9 Å². The van der Waals surface area contributed by atoms with Crippen molar-refractivity contribution in [3.63, 3.8) is 0 Å². The summed E-state index contributed by atoms with van der Waals surface area (Å²) in [5.74, 6) is 0.392.